The van der Waals surface area contributed by atoms with Crippen LogP contribution in [0.5, 0.6) is 0 Å². The summed E-state index contributed by atoms with van der Waals surface area (Å²) in [6, 6.07) is 6.69. The van der Waals surface area contributed by atoms with Gasteiger partial charge in [-0.2, -0.15) is 0 Å². The van der Waals surface area contributed by atoms with E-state index in [0.717, 1.165) is 0 Å². The minimum atomic E-state index is -0.437. The Morgan fingerprint density at radius 3 is 3.06 bits per heavy atom. The van der Waals surface area contributed by atoms with Gasteiger partial charge in [-0.1, -0.05) is 17.7 Å². The highest BCUT2D eigenvalue weighted by Gasteiger charge is 2.30. The van der Waals surface area contributed by atoms with Crippen molar-refractivity contribution in [2.75, 3.05) is 18.1 Å². The van der Waals surface area contributed by atoms with Crippen LogP contribution >= 0.6 is 11.6 Å². The van der Waals surface area contributed by atoms with Gasteiger partial charge in [-0.05, 0) is 18.2 Å². The molecule has 5 heteroatoms. The molecule has 1 unspecified atom stereocenters. The highest BCUT2D eigenvalue weighted by Crippen LogP contribution is 2.25. The molecule has 1 aromatic carbocycles. The first-order valence-corrected chi connectivity index (χ1v) is 5.42. The Hall–Kier alpha value is -1.26. The van der Waals surface area contributed by atoms with Crippen molar-refractivity contribution >= 4 is 23.4 Å². The van der Waals surface area contributed by atoms with E-state index in [9.17, 15) is 9.90 Å². The molecule has 0 aliphatic carbocycles. The number of benzene rings is 1. The van der Waals surface area contributed by atoms with E-state index >= 15 is 0 Å². The lowest BCUT2D eigenvalue weighted by atomic mass is 10.1. The molecule has 1 N–H and O–H groups in total. The van der Waals surface area contributed by atoms with Crippen molar-refractivity contribution in [1.29, 1.82) is 0 Å². The number of amides is 1. The SMILES string of the molecule is O=C1OCCC(CO)N1c1cccc(Cl)c1. The maximum atomic E-state index is 11.6. The zero-order chi connectivity index (χ0) is 11.5. The fraction of sp³-hybridized carbons (Fsp3) is 0.364. The van der Waals surface area contributed by atoms with Gasteiger partial charge in [-0.3, -0.25) is 4.90 Å². The van der Waals surface area contributed by atoms with Crippen molar-refractivity contribution in [3.05, 3.63) is 29.3 Å². The van der Waals surface area contributed by atoms with Crippen LogP contribution in [0.15, 0.2) is 24.3 Å². The lowest BCUT2D eigenvalue weighted by Gasteiger charge is -2.33. The Bertz CT molecular complexity index is 397. The molecule has 1 aromatic rings. The summed E-state index contributed by atoms with van der Waals surface area (Å²) < 4.78 is 4.95. The van der Waals surface area contributed by atoms with Gasteiger partial charge in [0, 0.05) is 17.1 Å². The van der Waals surface area contributed by atoms with Crippen LogP contribution < -0.4 is 4.90 Å². The topological polar surface area (TPSA) is 49.8 Å². The number of aliphatic hydroxyl groups excluding tert-OH is 1. The third-order valence-electron chi connectivity index (χ3n) is 2.54. The average molecular weight is 242 g/mol. The summed E-state index contributed by atoms with van der Waals surface area (Å²) >= 11 is 5.86. The van der Waals surface area contributed by atoms with Crippen LogP contribution in [0.25, 0.3) is 0 Å². The summed E-state index contributed by atoms with van der Waals surface area (Å²) in [6.07, 6.45) is 0.182. The zero-order valence-corrected chi connectivity index (χ0v) is 9.35. The maximum Gasteiger partial charge on any atom is 0.414 e. The molecule has 0 radical (unpaired) electrons. The number of anilines is 1. The van der Waals surface area contributed by atoms with Crippen molar-refractivity contribution in [2.24, 2.45) is 0 Å². The molecule has 1 atom stereocenters. The third-order valence-corrected chi connectivity index (χ3v) is 2.77. The molecule has 1 fully saturated rings. The summed E-state index contributed by atoms with van der Waals surface area (Å²) in [7, 11) is 0. The second-order valence-electron chi connectivity index (χ2n) is 3.59. The summed E-state index contributed by atoms with van der Waals surface area (Å²) in [4.78, 5) is 13.1. The molecular formula is C11H12ClNO3. The van der Waals surface area contributed by atoms with Crippen LogP contribution in [0, 0.1) is 0 Å². The second-order valence-corrected chi connectivity index (χ2v) is 4.03. The van der Waals surface area contributed by atoms with Gasteiger partial charge in [0.2, 0.25) is 0 Å². The highest BCUT2D eigenvalue weighted by molar-refractivity contribution is 6.30. The van der Waals surface area contributed by atoms with Crippen molar-refractivity contribution in [3.8, 4) is 0 Å². The zero-order valence-electron chi connectivity index (χ0n) is 8.60. The lowest BCUT2D eigenvalue weighted by molar-refractivity contribution is 0.116. The molecule has 0 bridgehead atoms. The molecule has 1 heterocycles. The number of hydrogen-bond donors (Lipinski definition) is 1. The predicted molar refractivity (Wildman–Crippen MR) is 60.8 cm³/mol. The van der Waals surface area contributed by atoms with Crippen LogP contribution in [0.3, 0.4) is 0 Å². The summed E-state index contributed by atoms with van der Waals surface area (Å²) in [5.74, 6) is 0. The lowest BCUT2D eigenvalue weighted by Crippen LogP contribution is -2.47. The molecule has 1 aliphatic heterocycles. The van der Waals surface area contributed by atoms with Gasteiger partial charge in [0.15, 0.2) is 0 Å². The molecule has 1 saturated heterocycles. The summed E-state index contributed by atoms with van der Waals surface area (Å²) in [6.45, 7) is 0.267. The molecule has 1 aliphatic rings. The van der Waals surface area contributed by atoms with E-state index in [1.165, 1.54) is 4.90 Å². The Morgan fingerprint density at radius 1 is 1.56 bits per heavy atom. The number of hydrogen-bond acceptors (Lipinski definition) is 3. The molecule has 86 valence electrons. The number of halogens is 1. The highest BCUT2D eigenvalue weighted by atomic mass is 35.5. The molecule has 16 heavy (non-hydrogen) atoms. The molecular weight excluding hydrogens is 230 g/mol. The average Bonchev–Trinajstić information content (AvgIpc) is 2.28. The number of rotatable bonds is 2. The van der Waals surface area contributed by atoms with Crippen LogP contribution in [-0.2, 0) is 4.74 Å². The molecule has 2 rings (SSSR count). The number of carbonyl (C=O) groups excluding carboxylic acids is 1. The normalized spacial score (nSPS) is 20.8. The Labute approximate surface area is 98.4 Å². The second kappa shape index (κ2) is 4.72. The summed E-state index contributed by atoms with van der Waals surface area (Å²) in [5.41, 5.74) is 0.649. The number of nitrogens with zero attached hydrogens (tertiary/aromatic N) is 1. The van der Waals surface area contributed by atoms with Crippen molar-refractivity contribution < 1.29 is 14.6 Å². The minimum Gasteiger partial charge on any atom is -0.449 e. The van der Waals surface area contributed by atoms with Crippen molar-refractivity contribution in [3.63, 3.8) is 0 Å². The van der Waals surface area contributed by atoms with E-state index in [-0.39, 0.29) is 12.6 Å². The minimum absolute atomic E-state index is 0.0817. The van der Waals surface area contributed by atoms with E-state index in [4.69, 9.17) is 16.3 Å². The van der Waals surface area contributed by atoms with E-state index in [1.807, 2.05) is 0 Å². The first-order valence-electron chi connectivity index (χ1n) is 5.05. The molecule has 0 saturated carbocycles. The van der Waals surface area contributed by atoms with Crippen molar-refractivity contribution in [1.82, 2.24) is 0 Å². The quantitative estimate of drug-likeness (QED) is 0.862. The van der Waals surface area contributed by atoms with Crippen LogP contribution in [0.2, 0.25) is 5.02 Å². The fourth-order valence-electron chi connectivity index (χ4n) is 1.75. The number of ether oxygens (including phenoxy) is 1. The van der Waals surface area contributed by atoms with Crippen molar-refractivity contribution in [2.45, 2.75) is 12.5 Å². The van der Waals surface area contributed by atoms with Gasteiger partial charge in [0.25, 0.3) is 0 Å². The third kappa shape index (κ3) is 2.13. The van der Waals surface area contributed by atoms with Crippen LogP contribution in [0.4, 0.5) is 10.5 Å². The Kier molecular flexibility index (Phi) is 3.31. The van der Waals surface area contributed by atoms with Gasteiger partial charge >= 0.3 is 6.09 Å². The number of aliphatic hydroxyl groups is 1. The van der Waals surface area contributed by atoms with Gasteiger partial charge in [-0.25, -0.2) is 4.79 Å². The van der Waals surface area contributed by atoms with Gasteiger partial charge in [0.1, 0.15) is 0 Å². The predicted octanol–water partition coefficient (Wildman–Crippen LogP) is 2.05. The maximum absolute atomic E-state index is 11.6. The Balaban J connectivity index is 2.31. The monoisotopic (exact) mass is 241 g/mol. The summed E-state index contributed by atoms with van der Waals surface area (Å²) in [5, 5.41) is 9.78. The smallest absolute Gasteiger partial charge is 0.414 e. The number of carbonyl (C=O) groups is 1. The van der Waals surface area contributed by atoms with Gasteiger partial charge < -0.3 is 9.84 Å². The molecule has 1 amide bonds. The first kappa shape index (κ1) is 11.2. The van der Waals surface area contributed by atoms with E-state index < -0.39 is 6.09 Å². The molecule has 4 nitrogen and oxygen atoms in total. The van der Waals surface area contributed by atoms with Crippen LogP contribution in [-0.4, -0.2) is 30.5 Å². The van der Waals surface area contributed by atoms with E-state index in [2.05, 4.69) is 0 Å². The Morgan fingerprint density at radius 2 is 2.38 bits per heavy atom. The van der Waals surface area contributed by atoms with Gasteiger partial charge in [-0.15, -0.1) is 0 Å². The largest absolute Gasteiger partial charge is 0.449 e. The number of cyclic esters (lactones) is 1. The first-order chi connectivity index (χ1) is 7.72. The standard InChI is InChI=1S/C11H12ClNO3/c12-8-2-1-3-9(6-8)13-10(7-14)4-5-16-11(13)15/h1-3,6,10,14H,4-5,7H2. The molecule has 0 aromatic heterocycles. The molecule has 0 spiro atoms. The van der Waals surface area contributed by atoms with Gasteiger partial charge in [0.05, 0.1) is 19.3 Å². The van der Waals surface area contributed by atoms with E-state index in [1.54, 1.807) is 24.3 Å². The van der Waals surface area contributed by atoms with Crippen LogP contribution in [0.1, 0.15) is 6.42 Å². The fourth-order valence-corrected chi connectivity index (χ4v) is 1.93. The van der Waals surface area contributed by atoms with E-state index in [0.29, 0.717) is 23.7 Å².